The van der Waals surface area contributed by atoms with Gasteiger partial charge in [-0.25, -0.2) is 0 Å². The van der Waals surface area contributed by atoms with Gasteiger partial charge in [0, 0.05) is 17.4 Å². The molecule has 2 saturated heterocycles. The van der Waals surface area contributed by atoms with Crippen molar-refractivity contribution in [1.82, 2.24) is 0 Å². The monoisotopic (exact) mass is 423 g/mol. The largest absolute Gasteiger partial charge is 0.412 e. The van der Waals surface area contributed by atoms with Crippen LogP contribution in [0.3, 0.4) is 0 Å². The van der Waals surface area contributed by atoms with Crippen LogP contribution in [0.15, 0.2) is 0 Å². The van der Waals surface area contributed by atoms with Crippen LogP contribution in [0.25, 0.3) is 0 Å². The molecule has 14 N–H and O–H groups in total. The minimum atomic E-state index is -2.22. The number of rotatable bonds is 5. The highest BCUT2D eigenvalue weighted by Crippen LogP contribution is 2.35. The topological polar surface area (TPSA) is 284 Å². The van der Waals surface area contributed by atoms with Crippen LogP contribution in [-0.4, -0.2) is 149 Å². The summed E-state index contributed by atoms with van der Waals surface area (Å²) in [4.78, 5) is 0. The van der Waals surface area contributed by atoms with Gasteiger partial charge in [0.1, 0.15) is 49.3 Å². The lowest BCUT2D eigenvalue weighted by molar-refractivity contribution is -0.383. The molecule has 2 aliphatic heterocycles. The molecule has 163 valence electrons. The maximum Gasteiger partial charge on any atom is 0.224 e. The van der Waals surface area contributed by atoms with Crippen molar-refractivity contribution in [2.45, 2.75) is 54.8 Å². The van der Waals surface area contributed by atoms with Gasteiger partial charge in [0.2, 0.25) is 5.79 Å². The van der Waals surface area contributed by atoms with Gasteiger partial charge < -0.3 is 71.5 Å². The molecule has 0 bridgehead atoms. The summed E-state index contributed by atoms with van der Waals surface area (Å²) in [6, 6.07) is 0. The molecule has 2 fully saturated rings. The molecular weight excluding hydrogens is 395 g/mol. The van der Waals surface area contributed by atoms with Crippen LogP contribution in [-0.2, 0) is 14.2 Å². The molecule has 0 aromatic rings. The molecule has 15 heteroatoms. The molecule has 0 aliphatic carbocycles. The predicted molar refractivity (Wildman–Crippen MR) is 85.2 cm³/mol. The average Bonchev–Trinajstić information content (AvgIpc) is 2.80. The summed E-state index contributed by atoms with van der Waals surface area (Å²) < 4.78 is 15.4. The summed E-state index contributed by atoms with van der Waals surface area (Å²) in [5.41, 5.74) is 0. The van der Waals surface area contributed by atoms with Gasteiger partial charge in [-0.05, 0) is 0 Å². The van der Waals surface area contributed by atoms with Crippen LogP contribution in [0.5, 0.6) is 0 Å². The highest BCUT2D eigenvalue weighted by atomic mass is 27.0. The Bertz CT molecular complexity index is 402. The maximum absolute atomic E-state index is 10.00. The van der Waals surface area contributed by atoms with Crippen molar-refractivity contribution < 1.29 is 71.5 Å². The Kier molecular flexibility index (Phi) is 14.7. The first-order valence-electron chi connectivity index (χ1n) is 7.05. The normalized spacial score (nSPS) is 43.6. The molecule has 0 aromatic carbocycles. The van der Waals surface area contributed by atoms with Crippen molar-refractivity contribution in [3.8, 4) is 0 Å². The second-order valence-corrected chi connectivity index (χ2v) is 5.56. The second-order valence-electron chi connectivity index (χ2n) is 5.56. The third kappa shape index (κ3) is 5.74. The van der Waals surface area contributed by atoms with Crippen molar-refractivity contribution >= 4 is 17.4 Å². The van der Waals surface area contributed by atoms with Gasteiger partial charge >= 0.3 is 0 Å². The SMILES string of the molecule is O.O.O.OC[C@H]1O[C@@](CO)(O[C@H]2O[C@H](CO)[C@@H](O)[C@H](O)[C@H]2O)[C@@H](O)[C@@H]1O.[Al]. The van der Waals surface area contributed by atoms with E-state index in [0.717, 1.165) is 0 Å². The molecule has 2 heterocycles. The molecular formula is C12H28AlO14. The van der Waals surface area contributed by atoms with E-state index in [9.17, 15) is 30.6 Å². The Balaban J connectivity index is -0.00000144. The van der Waals surface area contributed by atoms with Gasteiger partial charge in [-0.15, -0.1) is 0 Å². The Morgan fingerprint density at radius 3 is 1.67 bits per heavy atom. The lowest BCUT2D eigenvalue weighted by Crippen LogP contribution is -2.62. The van der Waals surface area contributed by atoms with E-state index in [2.05, 4.69) is 0 Å². The molecule has 0 spiro atoms. The minimum absolute atomic E-state index is 0. The fourth-order valence-electron chi connectivity index (χ4n) is 2.63. The second kappa shape index (κ2) is 12.5. The first kappa shape index (κ1) is 31.7. The van der Waals surface area contributed by atoms with Gasteiger partial charge in [-0.2, -0.15) is 0 Å². The lowest BCUT2D eigenvalue weighted by atomic mass is 9.99. The average molecular weight is 423 g/mol. The summed E-state index contributed by atoms with van der Waals surface area (Å²) in [6.07, 6.45) is -12.7. The third-order valence-electron chi connectivity index (χ3n) is 4.07. The van der Waals surface area contributed by atoms with Crippen LogP contribution in [0.2, 0.25) is 0 Å². The molecule has 0 unspecified atom stereocenters. The smallest absolute Gasteiger partial charge is 0.224 e. The standard InChI is InChI=1S/C12H22O11.Al.3H2O/c13-1-4-6(16)8(18)9(19)11(21-4)23-12(3-15)10(20)7(17)5(2-14)22-12;;;;/h4-11,13-20H,1-3H2;;3*1H2/t4-,5-,6-,7-,8+,9-,10+,11-,12+;;;;/m1..../s1. The fourth-order valence-corrected chi connectivity index (χ4v) is 2.63. The Labute approximate surface area is 164 Å². The fraction of sp³-hybridized carbons (Fsp3) is 1.00. The molecule has 0 aromatic heterocycles. The molecule has 2 rings (SSSR count). The van der Waals surface area contributed by atoms with Gasteiger partial charge in [-0.1, -0.05) is 0 Å². The third-order valence-corrected chi connectivity index (χ3v) is 4.07. The van der Waals surface area contributed by atoms with Crippen LogP contribution in [0.4, 0.5) is 0 Å². The van der Waals surface area contributed by atoms with Crippen molar-refractivity contribution in [3.05, 3.63) is 0 Å². The molecule has 3 radical (unpaired) electrons. The Morgan fingerprint density at radius 1 is 0.741 bits per heavy atom. The van der Waals surface area contributed by atoms with Crippen LogP contribution < -0.4 is 0 Å². The number of ether oxygens (including phenoxy) is 3. The Hall–Kier alpha value is -0.0275. The number of hydrogen-bond donors (Lipinski definition) is 8. The first-order chi connectivity index (χ1) is 10.8. The van der Waals surface area contributed by atoms with Gasteiger partial charge in [0.05, 0.1) is 13.2 Å². The predicted octanol–water partition coefficient (Wildman–Crippen LogP) is -8.25. The van der Waals surface area contributed by atoms with Crippen molar-refractivity contribution in [2.24, 2.45) is 0 Å². The van der Waals surface area contributed by atoms with E-state index in [1.807, 2.05) is 0 Å². The van der Waals surface area contributed by atoms with Crippen molar-refractivity contribution in [2.75, 3.05) is 19.8 Å². The highest BCUT2D eigenvalue weighted by Gasteiger charge is 2.58. The van der Waals surface area contributed by atoms with E-state index in [1.54, 1.807) is 0 Å². The van der Waals surface area contributed by atoms with E-state index in [1.165, 1.54) is 0 Å². The van der Waals surface area contributed by atoms with E-state index in [0.29, 0.717) is 0 Å². The van der Waals surface area contributed by atoms with Crippen LogP contribution >= 0.6 is 0 Å². The van der Waals surface area contributed by atoms with E-state index in [4.69, 9.17) is 24.4 Å². The molecule has 0 amide bonds. The van der Waals surface area contributed by atoms with Gasteiger partial charge in [-0.3, -0.25) is 0 Å². The van der Waals surface area contributed by atoms with E-state index >= 15 is 0 Å². The number of aliphatic hydroxyl groups excluding tert-OH is 8. The quantitative estimate of drug-likeness (QED) is 0.192. The summed E-state index contributed by atoms with van der Waals surface area (Å²) >= 11 is 0. The lowest BCUT2D eigenvalue weighted by Gasteiger charge is -2.43. The van der Waals surface area contributed by atoms with Crippen molar-refractivity contribution in [3.63, 3.8) is 0 Å². The highest BCUT2D eigenvalue weighted by molar-refractivity contribution is 5.75. The zero-order valence-corrected chi connectivity index (χ0v) is 15.3. The zero-order valence-electron chi connectivity index (χ0n) is 14.1. The van der Waals surface area contributed by atoms with Gasteiger partial charge in [0.25, 0.3) is 0 Å². The van der Waals surface area contributed by atoms with E-state index in [-0.39, 0.29) is 33.8 Å². The Morgan fingerprint density at radius 2 is 1.26 bits per heavy atom. The summed E-state index contributed by atoms with van der Waals surface area (Å²) in [7, 11) is 0. The van der Waals surface area contributed by atoms with E-state index < -0.39 is 74.6 Å². The van der Waals surface area contributed by atoms with Crippen LogP contribution in [0.1, 0.15) is 0 Å². The maximum atomic E-state index is 10.00. The molecule has 9 atom stereocenters. The summed E-state index contributed by atoms with van der Waals surface area (Å²) in [5, 5.41) is 76.7. The first-order valence-corrected chi connectivity index (χ1v) is 7.05. The van der Waals surface area contributed by atoms with Crippen LogP contribution in [0, 0.1) is 0 Å². The van der Waals surface area contributed by atoms with Crippen molar-refractivity contribution in [1.29, 1.82) is 0 Å². The molecule has 0 saturated carbocycles. The number of aliphatic hydroxyl groups is 8. The number of hydrogen-bond acceptors (Lipinski definition) is 11. The van der Waals surface area contributed by atoms with Gasteiger partial charge in [0.15, 0.2) is 6.29 Å². The summed E-state index contributed by atoms with van der Waals surface area (Å²) in [6.45, 7) is -2.32. The summed E-state index contributed by atoms with van der Waals surface area (Å²) in [5.74, 6) is -2.22. The zero-order chi connectivity index (χ0) is 17.4. The minimum Gasteiger partial charge on any atom is -0.412 e. The molecule has 27 heavy (non-hydrogen) atoms. The molecule has 2 aliphatic rings. The molecule has 14 nitrogen and oxygen atoms in total.